The molecular weight excluding hydrogens is 180 g/mol. The number of nitrogen functional groups attached to an aromatic ring is 1. The lowest BCUT2D eigenvalue weighted by molar-refractivity contribution is 0.0904. The maximum atomic E-state index is 5.32. The average molecular weight is 194 g/mol. The lowest BCUT2D eigenvalue weighted by atomic mass is 9.94. The monoisotopic (exact) mass is 194 g/mol. The van der Waals surface area contributed by atoms with Crippen LogP contribution in [0, 0.1) is 0 Å². The molecule has 1 heterocycles. The Morgan fingerprint density at radius 2 is 2.43 bits per heavy atom. The van der Waals surface area contributed by atoms with E-state index in [-0.39, 0.29) is 0 Å². The first kappa shape index (κ1) is 9.36. The van der Waals surface area contributed by atoms with Crippen LogP contribution in [-0.4, -0.2) is 23.4 Å². The third kappa shape index (κ3) is 1.69. The Bertz CT molecular complexity index is 329. The molecule has 0 saturated heterocycles. The van der Waals surface area contributed by atoms with Gasteiger partial charge in [-0.3, -0.25) is 0 Å². The van der Waals surface area contributed by atoms with Gasteiger partial charge in [0.05, 0.1) is 11.8 Å². The number of aryl methyl sites for hydroxylation is 1. The molecule has 14 heavy (non-hydrogen) atoms. The van der Waals surface area contributed by atoms with E-state index in [9.17, 15) is 0 Å². The standard InChI is InChI=1S/C9H14N4O/c1-14-7-2-3-8-6(4-7)5-9(11-10)13-12-8/h5,7H,2-4,10H2,1H3,(H,11,13). The van der Waals surface area contributed by atoms with Gasteiger partial charge in [-0.2, -0.15) is 5.10 Å². The Balaban J connectivity index is 2.25. The van der Waals surface area contributed by atoms with E-state index in [2.05, 4.69) is 15.6 Å². The quantitative estimate of drug-likeness (QED) is 0.522. The van der Waals surface area contributed by atoms with Gasteiger partial charge in [-0.15, -0.1) is 5.10 Å². The number of nitrogens with one attached hydrogen (secondary N) is 1. The Hall–Kier alpha value is -1.20. The highest BCUT2D eigenvalue weighted by Gasteiger charge is 2.19. The van der Waals surface area contributed by atoms with Gasteiger partial charge < -0.3 is 10.2 Å². The number of ether oxygens (including phenoxy) is 1. The summed E-state index contributed by atoms with van der Waals surface area (Å²) in [5, 5.41) is 8.05. The lowest BCUT2D eigenvalue weighted by Gasteiger charge is -2.22. The van der Waals surface area contributed by atoms with Crippen LogP contribution in [0.5, 0.6) is 0 Å². The summed E-state index contributed by atoms with van der Waals surface area (Å²) in [6.45, 7) is 0. The Morgan fingerprint density at radius 1 is 1.57 bits per heavy atom. The van der Waals surface area contributed by atoms with E-state index in [1.165, 1.54) is 5.56 Å². The van der Waals surface area contributed by atoms with Crippen molar-refractivity contribution in [2.45, 2.75) is 25.4 Å². The van der Waals surface area contributed by atoms with Gasteiger partial charge in [-0.05, 0) is 24.5 Å². The van der Waals surface area contributed by atoms with E-state index in [0.29, 0.717) is 11.9 Å². The number of aromatic nitrogens is 2. The van der Waals surface area contributed by atoms with Crippen LogP contribution < -0.4 is 11.3 Å². The molecule has 1 atom stereocenters. The van der Waals surface area contributed by atoms with Crippen LogP contribution in [0.4, 0.5) is 5.82 Å². The normalized spacial score (nSPS) is 20.3. The van der Waals surface area contributed by atoms with E-state index in [1.54, 1.807) is 7.11 Å². The molecule has 0 bridgehead atoms. The number of hydrazine groups is 1. The number of anilines is 1. The van der Waals surface area contributed by atoms with E-state index < -0.39 is 0 Å². The van der Waals surface area contributed by atoms with Crippen LogP contribution >= 0.6 is 0 Å². The maximum Gasteiger partial charge on any atom is 0.162 e. The van der Waals surface area contributed by atoms with Crippen molar-refractivity contribution in [3.05, 3.63) is 17.3 Å². The molecule has 0 radical (unpaired) electrons. The van der Waals surface area contributed by atoms with E-state index >= 15 is 0 Å². The summed E-state index contributed by atoms with van der Waals surface area (Å²) in [5.74, 6) is 5.88. The predicted molar refractivity (Wildman–Crippen MR) is 52.7 cm³/mol. The second-order valence-electron chi connectivity index (χ2n) is 3.45. The smallest absolute Gasteiger partial charge is 0.162 e. The van der Waals surface area contributed by atoms with Crippen LogP contribution in [0.15, 0.2) is 6.07 Å². The van der Waals surface area contributed by atoms with Crippen molar-refractivity contribution in [2.75, 3.05) is 12.5 Å². The molecule has 2 rings (SSSR count). The highest BCUT2D eigenvalue weighted by Crippen LogP contribution is 2.22. The fourth-order valence-corrected chi connectivity index (χ4v) is 1.76. The van der Waals surface area contributed by atoms with Crippen LogP contribution in [0.1, 0.15) is 17.7 Å². The molecule has 1 aliphatic carbocycles. The van der Waals surface area contributed by atoms with Crippen molar-refractivity contribution in [3.8, 4) is 0 Å². The molecule has 1 aromatic rings. The molecule has 5 nitrogen and oxygen atoms in total. The van der Waals surface area contributed by atoms with Crippen molar-refractivity contribution >= 4 is 5.82 Å². The minimum Gasteiger partial charge on any atom is -0.381 e. The first-order valence-corrected chi connectivity index (χ1v) is 4.68. The molecule has 1 aromatic heterocycles. The van der Waals surface area contributed by atoms with Gasteiger partial charge in [0.1, 0.15) is 0 Å². The zero-order valence-electron chi connectivity index (χ0n) is 8.16. The number of methoxy groups -OCH3 is 1. The molecule has 1 unspecified atom stereocenters. The second-order valence-corrected chi connectivity index (χ2v) is 3.45. The van der Waals surface area contributed by atoms with Gasteiger partial charge >= 0.3 is 0 Å². The summed E-state index contributed by atoms with van der Waals surface area (Å²) in [6, 6.07) is 1.94. The molecule has 0 amide bonds. The summed E-state index contributed by atoms with van der Waals surface area (Å²) in [6.07, 6.45) is 3.16. The SMILES string of the molecule is COC1CCc2nnc(NN)cc2C1. The molecular formula is C9H14N4O. The summed E-state index contributed by atoms with van der Waals surface area (Å²) >= 11 is 0. The first-order chi connectivity index (χ1) is 6.83. The highest BCUT2D eigenvalue weighted by molar-refractivity contribution is 5.38. The van der Waals surface area contributed by atoms with Crippen LogP contribution in [0.2, 0.25) is 0 Å². The minimum atomic E-state index is 0.303. The number of hydrogen-bond donors (Lipinski definition) is 2. The molecule has 5 heteroatoms. The zero-order chi connectivity index (χ0) is 9.97. The third-order valence-electron chi connectivity index (χ3n) is 2.59. The van der Waals surface area contributed by atoms with Crippen molar-refractivity contribution in [1.29, 1.82) is 0 Å². The lowest BCUT2D eigenvalue weighted by Crippen LogP contribution is -2.23. The topological polar surface area (TPSA) is 73.1 Å². The van der Waals surface area contributed by atoms with E-state index in [0.717, 1.165) is 25.0 Å². The fraction of sp³-hybridized carbons (Fsp3) is 0.556. The third-order valence-corrected chi connectivity index (χ3v) is 2.59. The number of hydrogen-bond acceptors (Lipinski definition) is 5. The Morgan fingerprint density at radius 3 is 3.14 bits per heavy atom. The molecule has 0 aliphatic heterocycles. The van der Waals surface area contributed by atoms with Crippen molar-refractivity contribution in [3.63, 3.8) is 0 Å². The molecule has 0 aromatic carbocycles. The summed E-state index contributed by atoms with van der Waals surface area (Å²) in [7, 11) is 1.74. The molecule has 76 valence electrons. The van der Waals surface area contributed by atoms with Crippen LogP contribution in [0.3, 0.4) is 0 Å². The van der Waals surface area contributed by atoms with Gasteiger partial charge in [-0.1, -0.05) is 0 Å². The molecule has 0 saturated carbocycles. The van der Waals surface area contributed by atoms with Crippen molar-refractivity contribution < 1.29 is 4.74 Å². The number of fused-ring (bicyclic) bond motifs is 1. The van der Waals surface area contributed by atoms with E-state index in [1.807, 2.05) is 6.07 Å². The molecule has 0 spiro atoms. The van der Waals surface area contributed by atoms with Crippen molar-refractivity contribution in [2.24, 2.45) is 5.84 Å². The van der Waals surface area contributed by atoms with Gasteiger partial charge in [0.15, 0.2) is 5.82 Å². The van der Waals surface area contributed by atoms with Gasteiger partial charge in [0, 0.05) is 13.5 Å². The van der Waals surface area contributed by atoms with Gasteiger partial charge in [-0.25, -0.2) is 5.84 Å². The molecule has 1 aliphatic rings. The number of rotatable bonds is 2. The fourth-order valence-electron chi connectivity index (χ4n) is 1.76. The van der Waals surface area contributed by atoms with Crippen molar-refractivity contribution in [1.82, 2.24) is 10.2 Å². The Labute approximate surface area is 82.6 Å². The minimum absolute atomic E-state index is 0.303. The average Bonchev–Trinajstić information content (AvgIpc) is 2.27. The largest absolute Gasteiger partial charge is 0.381 e. The Kier molecular flexibility index (Phi) is 2.60. The summed E-state index contributed by atoms with van der Waals surface area (Å²) < 4.78 is 5.32. The van der Waals surface area contributed by atoms with Crippen LogP contribution in [0.25, 0.3) is 0 Å². The zero-order valence-corrected chi connectivity index (χ0v) is 8.16. The molecule has 3 N–H and O–H groups in total. The first-order valence-electron chi connectivity index (χ1n) is 4.68. The number of nitrogens with zero attached hydrogens (tertiary/aromatic N) is 2. The second kappa shape index (κ2) is 3.89. The number of nitrogens with two attached hydrogens (primary N) is 1. The van der Waals surface area contributed by atoms with E-state index in [4.69, 9.17) is 10.6 Å². The maximum absolute atomic E-state index is 5.32. The molecule has 0 fully saturated rings. The predicted octanol–water partition coefficient (Wildman–Crippen LogP) is 0.266. The highest BCUT2D eigenvalue weighted by atomic mass is 16.5. The van der Waals surface area contributed by atoms with Crippen LogP contribution in [-0.2, 0) is 17.6 Å². The summed E-state index contributed by atoms with van der Waals surface area (Å²) in [5.41, 5.74) is 4.75. The van der Waals surface area contributed by atoms with Gasteiger partial charge in [0.2, 0.25) is 0 Å². The van der Waals surface area contributed by atoms with Gasteiger partial charge in [0.25, 0.3) is 0 Å². The summed E-state index contributed by atoms with van der Waals surface area (Å²) in [4.78, 5) is 0.